The summed E-state index contributed by atoms with van der Waals surface area (Å²) in [6, 6.07) is 16.6. The fourth-order valence-corrected chi connectivity index (χ4v) is 5.25. The number of hydrogen-bond acceptors (Lipinski definition) is 6. The number of anilines is 1. The Morgan fingerprint density at radius 3 is 2.52 bits per heavy atom. The second kappa shape index (κ2) is 8.84. The van der Waals surface area contributed by atoms with Gasteiger partial charge < -0.3 is 14.8 Å². The van der Waals surface area contributed by atoms with Crippen LogP contribution in [0.25, 0.3) is 10.1 Å². The van der Waals surface area contributed by atoms with E-state index in [4.69, 9.17) is 4.74 Å². The van der Waals surface area contributed by atoms with E-state index >= 15 is 0 Å². The molecule has 1 aliphatic heterocycles. The lowest BCUT2D eigenvalue weighted by Crippen LogP contribution is -2.47. The number of benzene rings is 2. The molecule has 5 nitrogen and oxygen atoms in total. The van der Waals surface area contributed by atoms with Gasteiger partial charge in [-0.25, -0.2) is 0 Å². The molecule has 1 N–H and O–H groups in total. The van der Waals surface area contributed by atoms with E-state index in [2.05, 4.69) is 58.3 Å². The molecule has 3 aromatic rings. The first kappa shape index (κ1) is 19.7. The summed E-state index contributed by atoms with van der Waals surface area (Å²) < 4.78 is 6.75. The molecule has 1 aromatic heterocycles. The van der Waals surface area contributed by atoms with Crippen LogP contribution in [0.15, 0.2) is 53.7 Å². The molecule has 0 radical (unpaired) electrons. The maximum atomic E-state index is 9.66. The lowest BCUT2D eigenvalue weighted by atomic mass is 10.1. The number of thiophene rings is 1. The van der Waals surface area contributed by atoms with Gasteiger partial charge in [0.05, 0.1) is 23.4 Å². The largest absolute Gasteiger partial charge is 0.495 e. The summed E-state index contributed by atoms with van der Waals surface area (Å²) in [4.78, 5) is 5.92. The number of ether oxygens (including phenoxy) is 1. The Hall–Kier alpha value is -2.57. The van der Waals surface area contributed by atoms with Gasteiger partial charge in [0.2, 0.25) is 0 Å². The minimum absolute atomic E-state index is 0.749. The molecular formula is C23H27N3O2S. The average molecular weight is 410 g/mol. The molecule has 6 heteroatoms. The highest BCUT2D eigenvalue weighted by atomic mass is 32.1. The lowest BCUT2D eigenvalue weighted by Gasteiger charge is -2.36. The van der Waals surface area contributed by atoms with E-state index in [0.29, 0.717) is 0 Å². The summed E-state index contributed by atoms with van der Waals surface area (Å²) in [5.41, 5.74) is 3.16. The number of rotatable bonds is 6. The van der Waals surface area contributed by atoms with Crippen molar-refractivity contribution in [2.24, 2.45) is 5.16 Å². The second-order valence-corrected chi connectivity index (χ2v) is 8.40. The molecular weight excluding hydrogens is 382 g/mol. The molecule has 0 unspecified atom stereocenters. The van der Waals surface area contributed by atoms with Crippen molar-refractivity contribution in [3.63, 3.8) is 0 Å². The number of hydrogen-bond donors (Lipinski definition) is 1. The van der Waals surface area contributed by atoms with Crippen molar-refractivity contribution in [3.8, 4) is 5.75 Å². The van der Waals surface area contributed by atoms with Crippen LogP contribution >= 0.6 is 11.3 Å². The Morgan fingerprint density at radius 1 is 1.07 bits per heavy atom. The molecule has 1 aliphatic rings. The zero-order valence-corrected chi connectivity index (χ0v) is 17.8. The molecule has 2 aromatic carbocycles. The van der Waals surface area contributed by atoms with Crippen LogP contribution < -0.4 is 9.64 Å². The predicted octanol–water partition coefficient (Wildman–Crippen LogP) is 4.61. The second-order valence-electron chi connectivity index (χ2n) is 7.35. The highest BCUT2D eigenvalue weighted by Crippen LogP contribution is 2.32. The van der Waals surface area contributed by atoms with Gasteiger partial charge in [-0.15, -0.1) is 11.3 Å². The zero-order valence-electron chi connectivity index (χ0n) is 17.0. The molecule has 2 heterocycles. The summed E-state index contributed by atoms with van der Waals surface area (Å²) in [5.74, 6) is 0.927. The van der Waals surface area contributed by atoms with E-state index in [0.717, 1.165) is 61.2 Å². The topological polar surface area (TPSA) is 48.3 Å². The van der Waals surface area contributed by atoms with Gasteiger partial charge in [0.1, 0.15) is 5.75 Å². The fraction of sp³-hybridized carbons (Fsp3) is 0.348. The van der Waals surface area contributed by atoms with Crippen LogP contribution in [0.4, 0.5) is 5.69 Å². The molecule has 1 saturated heterocycles. The molecule has 152 valence electrons. The van der Waals surface area contributed by atoms with Crippen LogP contribution in [0.2, 0.25) is 0 Å². The van der Waals surface area contributed by atoms with Crippen molar-refractivity contribution in [2.45, 2.75) is 13.3 Å². The summed E-state index contributed by atoms with van der Waals surface area (Å²) in [6.07, 6.45) is 0.749. The predicted molar refractivity (Wildman–Crippen MR) is 121 cm³/mol. The maximum absolute atomic E-state index is 9.66. The molecule has 0 spiro atoms. The Labute approximate surface area is 175 Å². The van der Waals surface area contributed by atoms with E-state index in [9.17, 15) is 5.21 Å². The van der Waals surface area contributed by atoms with Gasteiger partial charge in [0.15, 0.2) is 0 Å². The van der Waals surface area contributed by atoms with Gasteiger partial charge in [-0.3, -0.25) is 4.90 Å². The summed E-state index contributed by atoms with van der Waals surface area (Å²) in [5, 5.41) is 14.6. The SMILES string of the molecule is COc1ccccc1N1CCN(CC/C(=N\O)c2sc3ccccc3c2C)CC1. The van der Waals surface area contributed by atoms with Crippen molar-refractivity contribution in [1.29, 1.82) is 0 Å². The van der Waals surface area contributed by atoms with Gasteiger partial charge in [0, 0.05) is 43.8 Å². The van der Waals surface area contributed by atoms with Crippen LogP contribution in [0.5, 0.6) is 5.75 Å². The van der Waals surface area contributed by atoms with Crippen LogP contribution in [0.1, 0.15) is 16.9 Å². The average Bonchev–Trinajstić information content (AvgIpc) is 3.11. The van der Waals surface area contributed by atoms with E-state index in [-0.39, 0.29) is 0 Å². The smallest absolute Gasteiger partial charge is 0.142 e. The monoisotopic (exact) mass is 409 g/mol. The van der Waals surface area contributed by atoms with Crippen LogP contribution in [0.3, 0.4) is 0 Å². The molecule has 0 aliphatic carbocycles. The summed E-state index contributed by atoms with van der Waals surface area (Å²) in [6.45, 7) is 6.92. The number of para-hydroxylation sites is 2. The summed E-state index contributed by atoms with van der Waals surface area (Å²) >= 11 is 1.71. The van der Waals surface area contributed by atoms with Crippen molar-refractivity contribution in [1.82, 2.24) is 4.90 Å². The Balaban J connectivity index is 1.37. The minimum atomic E-state index is 0.749. The molecule has 0 atom stereocenters. The maximum Gasteiger partial charge on any atom is 0.142 e. The summed E-state index contributed by atoms with van der Waals surface area (Å²) in [7, 11) is 1.72. The van der Waals surface area contributed by atoms with E-state index in [1.807, 2.05) is 12.1 Å². The van der Waals surface area contributed by atoms with Gasteiger partial charge in [-0.05, 0) is 36.1 Å². The first-order chi connectivity index (χ1) is 14.2. The van der Waals surface area contributed by atoms with Crippen LogP contribution in [0, 0.1) is 6.92 Å². The highest BCUT2D eigenvalue weighted by molar-refractivity contribution is 7.21. The molecule has 0 saturated carbocycles. The third kappa shape index (κ3) is 4.09. The number of piperazine rings is 1. The Bertz CT molecular complexity index is 1010. The Morgan fingerprint density at radius 2 is 1.79 bits per heavy atom. The van der Waals surface area contributed by atoms with Gasteiger partial charge >= 0.3 is 0 Å². The molecule has 0 amide bonds. The van der Waals surface area contributed by atoms with Gasteiger partial charge in [-0.2, -0.15) is 0 Å². The molecule has 29 heavy (non-hydrogen) atoms. The molecule has 4 rings (SSSR count). The first-order valence-corrected chi connectivity index (χ1v) is 10.8. The number of oxime groups is 1. The zero-order chi connectivity index (χ0) is 20.2. The van der Waals surface area contributed by atoms with Gasteiger partial charge in [0.25, 0.3) is 0 Å². The molecule has 0 bridgehead atoms. The fourth-order valence-electron chi connectivity index (χ4n) is 4.03. The van der Waals surface area contributed by atoms with Crippen LogP contribution in [-0.4, -0.2) is 55.7 Å². The van der Waals surface area contributed by atoms with Crippen molar-refractivity contribution < 1.29 is 9.94 Å². The van der Waals surface area contributed by atoms with Crippen molar-refractivity contribution in [2.75, 3.05) is 44.7 Å². The normalized spacial score (nSPS) is 15.8. The quantitative estimate of drug-likeness (QED) is 0.367. The number of nitrogens with zero attached hydrogens (tertiary/aromatic N) is 3. The van der Waals surface area contributed by atoms with E-state index in [1.54, 1.807) is 18.4 Å². The minimum Gasteiger partial charge on any atom is -0.495 e. The van der Waals surface area contributed by atoms with Crippen molar-refractivity contribution in [3.05, 3.63) is 59.0 Å². The molecule has 1 fully saturated rings. The van der Waals surface area contributed by atoms with E-state index in [1.165, 1.54) is 15.6 Å². The van der Waals surface area contributed by atoms with Crippen molar-refractivity contribution >= 4 is 32.8 Å². The number of fused-ring (bicyclic) bond motifs is 1. The van der Waals surface area contributed by atoms with Gasteiger partial charge in [-0.1, -0.05) is 35.5 Å². The third-order valence-electron chi connectivity index (χ3n) is 5.69. The van der Waals surface area contributed by atoms with Crippen LogP contribution in [-0.2, 0) is 0 Å². The van der Waals surface area contributed by atoms with E-state index < -0.39 is 0 Å². The number of aryl methyl sites for hydroxylation is 1. The number of methoxy groups -OCH3 is 1. The third-order valence-corrected chi connectivity index (χ3v) is 7.01. The first-order valence-electron chi connectivity index (χ1n) is 10.0. The standard InChI is InChI=1S/C23H27N3O2S/c1-17-18-7-3-6-10-22(18)29-23(17)19(24-27)11-12-25-13-15-26(16-14-25)20-8-4-5-9-21(20)28-2/h3-10,27H,11-16H2,1-2H3/b24-19+. The lowest BCUT2D eigenvalue weighted by molar-refractivity contribution is 0.262. The highest BCUT2D eigenvalue weighted by Gasteiger charge is 2.21. The Kier molecular flexibility index (Phi) is 6.02.